The minimum absolute atomic E-state index is 0.247. The van der Waals surface area contributed by atoms with Gasteiger partial charge in [-0.3, -0.25) is 10.1 Å². The summed E-state index contributed by atoms with van der Waals surface area (Å²) in [6.07, 6.45) is 6.67. The summed E-state index contributed by atoms with van der Waals surface area (Å²) < 4.78 is 5.43. The lowest BCUT2D eigenvalue weighted by Gasteiger charge is -2.14. The standard InChI is InChI=1S/C16H17N3O2/c1-4-7-15(12-8-5-6-9-17-12)21-16(20)14-10-13(11(2)3)18-19-14/h1,5-6,8-11,15H,7H2,2-3H3,(H,18,19). The molecule has 2 rings (SSSR count). The summed E-state index contributed by atoms with van der Waals surface area (Å²) >= 11 is 0. The largest absolute Gasteiger partial charge is 0.450 e. The molecule has 21 heavy (non-hydrogen) atoms. The second-order valence-corrected chi connectivity index (χ2v) is 4.92. The van der Waals surface area contributed by atoms with Gasteiger partial charge in [0.05, 0.1) is 12.1 Å². The summed E-state index contributed by atoms with van der Waals surface area (Å²) in [5, 5.41) is 6.80. The molecule has 0 saturated carbocycles. The molecule has 1 unspecified atom stereocenters. The topological polar surface area (TPSA) is 67.9 Å². The highest BCUT2D eigenvalue weighted by molar-refractivity contribution is 5.87. The fourth-order valence-electron chi connectivity index (χ4n) is 1.81. The van der Waals surface area contributed by atoms with E-state index in [2.05, 4.69) is 21.1 Å². The van der Waals surface area contributed by atoms with Crippen LogP contribution in [0.1, 0.15) is 54.2 Å². The first-order valence-corrected chi connectivity index (χ1v) is 6.72. The average molecular weight is 283 g/mol. The minimum atomic E-state index is -0.567. The number of H-pyrrole nitrogens is 1. The zero-order valence-corrected chi connectivity index (χ0v) is 12.0. The van der Waals surface area contributed by atoms with Crippen LogP contribution in [-0.2, 0) is 4.74 Å². The monoisotopic (exact) mass is 283 g/mol. The number of pyridine rings is 1. The Morgan fingerprint density at radius 3 is 2.86 bits per heavy atom. The Kier molecular flexibility index (Phi) is 4.72. The SMILES string of the molecule is C#CCC(OC(=O)c1cc(C(C)C)[nH]n1)c1ccccn1. The molecule has 108 valence electrons. The Labute approximate surface area is 123 Å². The number of nitrogens with zero attached hydrogens (tertiary/aromatic N) is 2. The van der Waals surface area contributed by atoms with Gasteiger partial charge in [-0.25, -0.2) is 4.79 Å². The molecule has 5 heteroatoms. The number of ether oxygens (including phenoxy) is 1. The van der Waals surface area contributed by atoms with E-state index in [1.165, 1.54) is 0 Å². The van der Waals surface area contributed by atoms with Gasteiger partial charge in [-0.1, -0.05) is 19.9 Å². The van der Waals surface area contributed by atoms with Gasteiger partial charge in [-0.15, -0.1) is 12.3 Å². The number of terminal acetylenes is 1. The fraction of sp³-hybridized carbons (Fsp3) is 0.312. The van der Waals surface area contributed by atoms with Crippen LogP contribution in [0.2, 0.25) is 0 Å². The summed E-state index contributed by atoms with van der Waals surface area (Å²) in [6.45, 7) is 4.02. The number of hydrogen-bond acceptors (Lipinski definition) is 4. The third-order valence-electron chi connectivity index (χ3n) is 3.00. The van der Waals surface area contributed by atoms with Crippen LogP contribution in [0.3, 0.4) is 0 Å². The van der Waals surface area contributed by atoms with Crippen molar-refractivity contribution < 1.29 is 9.53 Å². The first-order valence-electron chi connectivity index (χ1n) is 6.72. The normalized spacial score (nSPS) is 11.9. The first-order chi connectivity index (χ1) is 10.1. The van der Waals surface area contributed by atoms with E-state index in [9.17, 15) is 4.79 Å². The van der Waals surface area contributed by atoms with Crippen LogP contribution < -0.4 is 0 Å². The Balaban J connectivity index is 2.13. The molecule has 0 aliphatic rings. The van der Waals surface area contributed by atoms with Crippen molar-refractivity contribution in [2.75, 3.05) is 0 Å². The number of aromatic amines is 1. The van der Waals surface area contributed by atoms with Gasteiger partial charge < -0.3 is 4.74 Å². The lowest BCUT2D eigenvalue weighted by atomic mass is 10.1. The molecule has 0 aromatic carbocycles. The molecule has 1 N–H and O–H groups in total. The highest BCUT2D eigenvalue weighted by Gasteiger charge is 2.20. The van der Waals surface area contributed by atoms with E-state index in [4.69, 9.17) is 11.2 Å². The molecular formula is C16H17N3O2. The number of carbonyl (C=O) groups excluding carboxylic acids is 1. The van der Waals surface area contributed by atoms with Gasteiger partial charge in [-0.05, 0) is 24.1 Å². The van der Waals surface area contributed by atoms with E-state index in [1.54, 1.807) is 24.4 Å². The highest BCUT2D eigenvalue weighted by atomic mass is 16.5. The van der Waals surface area contributed by atoms with Gasteiger partial charge in [0.25, 0.3) is 0 Å². The third kappa shape index (κ3) is 3.69. The fourth-order valence-corrected chi connectivity index (χ4v) is 1.81. The Morgan fingerprint density at radius 2 is 2.29 bits per heavy atom. The molecule has 2 heterocycles. The Bertz CT molecular complexity index is 641. The number of aromatic nitrogens is 3. The second kappa shape index (κ2) is 6.71. The van der Waals surface area contributed by atoms with E-state index in [0.717, 1.165) is 5.69 Å². The van der Waals surface area contributed by atoms with Crippen molar-refractivity contribution in [2.24, 2.45) is 0 Å². The average Bonchev–Trinajstić information content (AvgIpc) is 2.98. The molecule has 2 aromatic rings. The summed E-state index contributed by atoms with van der Waals surface area (Å²) in [7, 11) is 0. The number of esters is 1. The summed E-state index contributed by atoms with van der Waals surface area (Å²) in [5.74, 6) is 2.25. The van der Waals surface area contributed by atoms with Gasteiger partial charge >= 0.3 is 5.97 Å². The third-order valence-corrected chi connectivity index (χ3v) is 3.00. The molecule has 0 amide bonds. The molecule has 5 nitrogen and oxygen atoms in total. The molecule has 0 spiro atoms. The van der Waals surface area contributed by atoms with Crippen LogP contribution in [0.25, 0.3) is 0 Å². The Morgan fingerprint density at radius 1 is 1.48 bits per heavy atom. The zero-order valence-electron chi connectivity index (χ0n) is 12.0. The van der Waals surface area contributed by atoms with Crippen LogP contribution in [0, 0.1) is 12.3 Å². The maximum atomic E-state index is 12.1. The summed E-state index contributed by atoms with van der Waals surface area (Å²) in [5.41, 5.74) is 1.76. The van der Waals surface area contributed by atoms with Gasteiger partial charge in [0.15, 0.2) is 11.8 Å². The van der Waals surface area contributed by atoms with Crippen LogP contribution in [0.4, 0.5) is 0 Å². The zero-order chi connectivity index (χ0) is 15.2. The maximum absolute atomic E-state index is 12.1. The number of carbonyl (C=O) groups is 1. The van der Waals surface area contributed by atoms with Crippen molar-refractivity contribution in [2.45, 2.75) is 32.3 Å². The van der Waals surface area contributed by atoms with E-state index in [1.807, 2.05) is 19.9 Å². The van der Waals surface area contributed by atoms with Crippen LogP contribution in [-0.4, -0.2) is 21.2 Å². The van der Waals surface area contributed by atoms with Gasteiger partial charge in [0, 0.05) is 11.9 Å². The molecule has 2 aromatic heterocycles. The molecular weight excluding hydrogens is 266 g/mol. The minimum Gasteiger partial charge on any atom is -0.450 e. The molecule has 0 bridgehead atoms. The molecule has 1 atom stereocenters. The molecule has 0 aliphatic heterocycles. The lowest BCUT2D eigenvalue weighted by Crippen LogP contribution is -2.13. The number of rotatable bonds is 5. The van der Waals surface area contributed by atoms with E-state index < -0.39 is 12.1 Å². The molecule has 0 fully saturated rings. The summed E-state index contributed by atoms with van der Waals surface area (Å²) in [4.78, 5) is 16.3. The van der Waals surface area contributed by atoms with E-state index >= 15 is 0 Å². The van der Waals surface area contributed by atoms with Crippen molar-refractivity contribution in [1.82, 2.24) is 15.2 Å². The number of nitrogens with one attached hydrogen (secondary N) is 1. The van der Waals surface area contributed by atoms with Crippen molar-refractivity contribution in [3.8, 4) is 12.3 Å². The van der Waals surface area contributed by atoms with Crippen molar-refractivity contribution in [1.29, 1.82) is 0 Å². The lowest BCUT2D eigenvalue weighted by molar-refractivity contribution is 0.0291. The highest BCUT2D eigenvalue weighted by Crippen LogP contribution is 2.21. The maximum Gasteiger partial charge on any atom is 0.359 e. The molecule has 0 aliphatic carbocycles. The van der Waals surface area contributed by atoms with Gasteiger partial charge in [0.1, 0.15) is 0 Å². The van der Waals surface area contributed by atoms with Crippen molar-refractivity contribution in [3.63, 3.8) is 0 Å². The van der Waals surface area contributed by atoms with Crippen LogP contribution in [0.15, 0.2) is 30.5 Å². The second-order valence-electron chi connectivity index (χ2n) is 4.92. The molecule has 0 saturated heterocycles. The number of hydrogen-bond donors (Lipinski definition) is 1. The van der Waals surface area contributed by atoms with Crippen LogP contribution in [0.5, 0.6) is 0 Å². The summed E-state index contributed by atoms with van der Waals surface area (Å²) in [6, 6.07) is 7.09. The predicted octanol–water partition coefficient (Wildman–Crippen LogP) is 2.85. The van der Waals surface area contributed by atoms with Crippen molar-refractivity contribution in [3.05, 3.63) is 47.5 Å². The quantitative estimate of drug-likeness (QED) is 0.676. The van der Waals surface area contributed by atoms with E-state index in [0.29, 0.717) is 5.69 Å². The van der Waals surface area contributed by atoms with E-state index in [-0.39, 0.29) is 18.0 Å². The molecule has 0 radical (unpaired) electrons. The Hall–Kier alpha value is -2.61. The predicted molar refractivity (Wildman–Crippen MR) is 78.5 cm³/mol. The first kappa shape index (κ1) is 14.8. The smallest absolute Gasteiger partial charge is 0.359 e. The van der Waals surface area contributed by atoms with Crippen LogP contribution >= 0.6 is 0 Å². The van der Waals surface area contributed by atoms with Crippen molar-refractivity contribution >= 4 is 5.97 Å². The van der Waals surface area contributed by atoms with Gasteiger partial charge in [0.2, 0.25) is 0 Å². The van der Waals surface area contributed by atoms with Gasteiger partial charge in [-0.2, -0.15) is 5.10 Å².